The van der Waals surface area contributed by atoms with Crippen molar-refractivity contribution in [3.63, 3.8) is 0 Å². The number of hydrogen-bond acceptors (Lipinski definition) is 5. The molecule has 2 atom stereocenters. The van der Waals surface area contributed by atoms with E-state index < -0.39 is 34.0 Å². The van der Waals surface area contributed by atoms with E-state index in [2.05, 4.69) is 5.32 Å². The number of carboxylic acids is 1. The highest BCUT2D eigenvalue weighted by molar-refractivity contribution is 14.1. The lowest BCUT2D eigenvalue weighted by Crippen LogP contribution is -2.51. The summed E-state index contributed by atoms with van der Waals surface area (Å²) >= 11 is 7.84. The smallest absolute Gasteiger partial charge is 0.326 e. The van der Waals surface area contributed by atoms with Gasteiger partial charge in [0.15, 0.2) is 0 Å². The summed E-state index contributed by atoms with van der Waals surface area (Å²) in [5.74, 6) is -1.82. The van der Waals surface area contributed by atoms with Crippen molar-refractivity contribution in [1.29, 1.82) is 0 Å². The molecule has 166 valence electrons. The Kier molecular flexibility index (Phi) is 7.45. The van der Waals surface area contributed by atoms with Crippen LogP contribution in [0.2, 0.25) is 5.02 Å². The molecule has 1 aliphatic rings. The van der Waals surface area contributed by atoms with Crippen LogP contribution in [0.1, 0.15) is 18.4 Å². The topological polar surface area (TPSA) is 124 Å². The summed E-state index contributed by atoms with van der Waals surface area (Å²) in [6.07, 6.45) is 0.756. The molecule has 0 aliphatic carbocycles. The Balaban J connectivity index is 1.78. The molecule has 1 saturated heterocycles. The number of sulfonamides is 1. The van der Waals surface area contributed by atoms with Gasteiger partial charge in [0.2, 0.25) is 15.9 Å². The van der Waals surface area contributed by atoms with Crippen LogP contribution in [0.4, 0.5) is 0 Å². The molecule has 11 heteroatoms. The van der Waals surface area contributed by atoms with Crippen molar-refractivity contribution in [2.75, 3.05) is 6.54 Å². The van der Waals surface area contributed by atoms with Crippen LogP contribution in [-0.2, 0) is 26.0 Å². The quantitative estimate of drug-likeness (QED) is 0.434. The number of carboxylic acid groups (broad SMARTS) is 1. The Morgan fingerprint density at radius 2 is 2.00 bits per heavy atom. The first-order valence-corrected chi connectivity index (χ1v) is 12.3. The zero-order valence-electron chi connectivity index (χ0n) is 16.2. The van der Waals surface area contributed by atoms with Gasteiger partial charge in [-0.1, -0.05) is 23.7 Å². The van der Waals surface area contributed by atoms with E-state index in [4.69, 9.17) is 11.6 Å². The van der Waals surface area contributed by atoms with Crippen molar-refractivity contribution in [3.05, 3.63) is 56.6 Å². The van der Waals surface area contributed by atoms with Gasteiger partial charge in [0.25, 0.3) is 0 Å². The van der Waals surface area contributed by atoms with Crippen LogP contribution in [0.5, 0.6) is 5.75 Å². The number of amides is 1. The molecule has 0 aromatic heterocycles. The zero-order valence-corrected chi connectivity index (χ0v) is 19.9. The number of aliphatic carboxylic acids is 1. The second-order valence-corrected chi connectivity index (χ2v) is 10.6. The average Bonchev–Trinajstić information content (AvgIpc) is 3.21. The summed E-state index contributed by atoms with van der Waals surface area (Å²) in [5, 5.41) is 21.9. The summed E-state index contributed by atoms with van der Waals surface area (Å²) < 4.78 is 27.7. The van der Waals surface area contributed by atoms with Crippen molar-refractivity contribution in [2.24, 2.45) is 0 Å². The number of carbonyl (C=O) groups is 2. The molecule has 3 N–H and O–H groups in total. The average molecular weight is 579 g/mol. The molecule has 0 spiro atoms. The third kappa shape index (κ3) is 5.48. The first kappa shape index (κ1) is 23.8. The first-order chi connectivity index (χ1) is 14.6. The predicted molar refractivity (Wildman–Crippen MR) is 122 cm³/mol. The van der Waals surface area contributed by atoms with Crippen molar-refractivity contribution in [2.45, 2.75) is 36.2 Å². The minimum atomic E-state index is -3.97. The van der Waals surface area contributed by atoms with Crippen molar-refractivity contribution < 1.29 is 28.2 Å². The Morgan fingerprint density at radius 3 is 2.65 bits per heavy atom. The van der Waals surface area contributed by atoms with E-state index in [9.17, 15) is 28.2 Å². The lowest BCUT2D eigenvalue weighted by Gasteiger charge is -2.25. The van der Waals surface area contributed by atoms with Gasteiger partial charge in [0.05, 0.1) is 8.47 Å². The number of benzene rings is 2. The minimum Gasteiger partial charge on any atom is -0.507 e. The van der Waals surface area contributed by atoms with E-state index in [1.165, 1.54) is 24.3 Å². The minimum absolute atomic E-state index is 0.00881. The molecule has 0 radical (unpaired) electrons. The predicted octanol–water partition coefficient (Wildman–Crippen LogP) is 2.62. The molecule has 2 aromatic rings. The van der Waals surface area contributed by atoms with E-state index in [1.807, 2.05) is 22.6 Å². The number of phenols is 1. The first-order valence-electron chi connectivity index (χ1n) is 9.37. The Bertz CT molecular complexity index is 1110. The third-order valence-corrected chi connectivity index (χ3v) is 7.98. The molecule has 0 saturated carbocycles. The highest BCUT2D eigenvalue weighted by atomic mass is 127. The normalized spacial score (nSPS) is 17.9. The Labute approximate surface area is 198 Å². The van der Waals surface area contributed by atoms with Crippen molar-refractivity contribution >= 4 is 56.1 Å². The molecule has 1 aliphatic heterocycles. The lowest BCUT2D eigenvalue weighted by molar-refractivity contribution is -0.142. The number of nitrogens with zero attached hydrogens (tertiary/aromatic N) is 1. The summed E-state index contributed by atoms with van der Waals surface area (Å²) in [4.78, 5) is 24.6. The molecule has 1 heterocycles. The van der Waals surface area contributed by atoms with E-state index in [1.54, 1.807) is 18.2 Å². The highest BCUT2D eigenvalue weighted by Gasteiger charge is 2.40. The maximum atomic E-state index is 13.0. The van der Waals surface area contributed by atoms with Gasteiger partial charge in [-0.15, -0.1) is 0 Å². The van der Waals surface area contributed by atoms with Crippen LogP contribution in [0, 0.1) is 3.57 Å². The summed E-state index contributed by atoms with van der Waals surface area (Å²) in [5.41, 5.74) is 0.615. The number of hydrogen-bond donors (Lipinski definition) is 3. The number of halogens is 2. The van der Waals surface area contributed by atoms with E-state index in [-0.39, 0.29) is 35.1 Å². The van der Waals surface area contributed by atoms with Gasteiger partial charge in [-0.2, -0.15) is 4.31 Å². The fourth-order valence-electron chi connectivity index (χ4n) is 3.43. The van der Waals surface area contributed by atoms with Gasteiger partial charge in [-0.3, -0.25) is 4.79 Å². The SMILES string of the molecule is O=C(O)[C@H](Cc1ccc(O)c(I)c1)NC(=O)[C@@H]1CCCN1S(=O)(=O)c1cccc(Cl)c1. The lowest BCUT2D eigenvalue weighted by atomic mass is 10.1. The van der Waals surface area contributed by atoms with Crippen LogP contribution in [0.3, 0.4) is 0 Å². The molecule has 3 rings (SSSR count). The second-order valence-electron chi connectivity index (χ2n) is 7.12. The highest BCUT2D eigenvalue weighted by Crippen LogP contribution is 2.28. The van der Waals surface area contributed by atoms with Gasteiger partial charge < -0.3 is 15.5 Å². The molecule has 0 unspecified atom stereocenters. The molecule has 8 nitrogen and oxygen atoms in total. The van der Waals surface area contributed by atoms with Gasteiger partial charge in [0.1, 0.15) is 17.8 Å². The fraction of sp³-hybridized carbons (Fsp3) is 0.300. The van der Waals surface area contributed by atoms with Gasteiger partial charge >= 0.3 is 5.97 Å². The molecule has 0 bridgehead atoms. The van der Waals surface area contributed by atoms with Gasteiger partial charge in [0, 0.05) is 18.0 Å². The number of phenolic OH excluding ortho intramolecular Hbond substituents is 1. The van der Waals surface area contributed by atoms with E-state index in [0.717, 1.165) is 4.31 Å². The maximum absolute atomic E-state index is 13.0. The molecule has 1 amide bonds. The van der Waals surface area contributed by atoms with Crippen LogP contribution in [0.15, 0.2) is 47.4 Å². The summed E-state index contributed by atoms with van der Waals surface area (Å²) in [6.45, 7) is 0.154. The Hall–Kier alpha value is -1.89. The third-order valence-electron chi connectivity index (χ3n) is 4.98. The summed E-state index contributed by atoms with van der Waals surface area (Å²) in [7, 11) is -3.97. The van der Waals surface area contributed by atoms with Crippen LogP contribution >= 0.6 is 34.2 Å². The molecular formula is C20H20ClIN2O6S. The zero-order chi connectivity index (χ0) is 22.8. The number of rotatable bonds is 7. The van der Waals surface area contributed by atoms with Crippen LogP contribution < -0.4 is 5.32 Å². The van der Waals surface area contributed by atoms with Crippen molar-refractivity contribution in [3.8, 4) is 5.75 Å². The number of nitrogens with one attached hydrogen (secondary N) is 1. The van der Waals surface area contributed by atoms with Gasteiger partial charge in [-0.25, -0.2) is 13.2 Å². The molecule has 2 aromatic carbocycles. The van der Waals surface area contributed by atoms with Gasteiger partial charge in [-0.05, 0) is 71.3 Å². The number of carbonyl (C=O) groups excluding carboxylic acids is 1. The molecule has 1 fully saturated rings. The largest absolute Gasteiger partial charge is 0.507 e. The van der Waals surface area contributed by atoms with E-state index >= 15 is 0 Å². The van der Waals surface area contributed by atoms with Crippen LogP contribution in [0.25, 0.3) is 0 Å². The summed E-state index contributed by atoms with van der Waals surface area (Å²) in [6, 6.07) is 8.19. The van der Waals surface area contributed by atoms with E-state index in [0.29, 0.717) is 15.6 Å². The Morgan fingerprint density at radius 1 is 1.26 bits per heavy atom. The monoisotopic (exact) mass is 578 g/mol. The molecular weight excluding hydrogens is 559 g/mol. The number of aromatic hydroxyl groups is 1. The second kappa shape index (κ2) is 9.72. The fourth-order valence-corrected chi connectivity index (χ4v) is 5.97. The van der Waals surface area contributed by atoms with Crippen LogP contribution in [-0.4, -0.2) is 53.4 Å². The molecule has 31 heavy (non-hydrogen) atoms. The standard InChI is InChI=1S/C20H20ClIN2O6S/c21-13-3-1-4-14(11-13)31(29,30)24-8-2-5-17(24)19(26)23-16(20(27)28)10-12-6-7-18(25)15(22)9-12/h1,3-4,6-7,9,11,16-17,25H,2,5,8,10H2,(H,23,26)(H,27,28)/t16-,17-/m0/s1. The maximum Gasteiger partial charge on any atom is 0.326 e. The van der Waals surface area contributed by atoms with Crippen molar-refractivity contribution in [1.82, 2.24) is 9.62 Å².